The summed E-state index contributed by atoms with van der Waals surface area (Å²) in [7, 11) is 0. The monoisotopic (exact) mass is 311 g/mol. The minimum absolute atomic E-state index is 0.812. The highest BCUT2D eigenvalue weighted by molar-refractivity contribution is 5.33. The maximum Gasteiger partial charge on any atom is 0.138 e. The van der Waals surface area contributed by atoms with E-state index in [0.717, 1.165) is 24.2 Å². The molecule has 1 aromatic carbocycles. The van der Waals surface area contributed by atoms with E-state index < -0.39 is 0 Å². The van der Waals surface area contributed by atoms with Crippen LogP contribution in [0.3, 0.4) is 0 Å². The molecule has 0 spiro atoms. The number of hydrogen-bond acceptors (Lipinski definition) is 4. The fraction of sp³-hybridized carbons (Fsp3) is 0.556. The van der Waals surface area contributed by atoms with Gasteiger partial charge in [-0.2, -0.15) is 5.10 Å². The largest absolute Gasteiger partial charge is 0.316 e. The van der Waals surface area contributed by atoms with Gasteiger partial charge < -0.3 is 5.32 Å². The van der Waals surface area contributed by atoms with E-state index in [-0.39, 0.29) is 0 Å². The van der Waals surface area contributed by atoms with E-state index in [1.807, 2.05) is 0 Å². The summed E-state index contributed by atoms with van der Waals surface area (Å²) in [5.74, 6) is 0.818. The van der Waals surface area contributed by atoms with Gasteiger partial charge in [-0.25, -0.2) is 9.67 Å². The SMILES string of the molecule is c1ncn(-c2ccc(CN(CC3CCCNC3)C3CC3)cc2)n1. The molecule has 5 nitrogen and oxygen atoms in total. The normalized spacial score (nSPS) is 21.7. The van der Waals surface area contributed by atoms with Crippen LogP contribution in [0.2, 0.25) is 0 Å². The number of rotatable bonds is 6. The molecule has 1 unspecified atom stereocenters. The van der Waals surface area contributed by atoms with E-state index in [1.54, 1.807) is 17.3 Å². The van der Waals surface area contributed by atoms with Crippen LogP contribution in [0.15, 0.2) is 36.9 Å². The number of benzene rings is 1. The molecule has 2 aromatic rings. The van der Waals surface area contributed by atoms with E-state index in [9.17, 15) is 0 Å². The first-order valence-corrected chi connectivity index (χ1v) is 8.77. The Bertz CT molecular complexity index is 597. The van der Waals surface area contributed by atoms with E-state index in [1.165, 1.54) is 50.9 Å². The first kappa shape index (κ1) is 14.8. The summed E-state index contributed by atoms with van der Waals surface area (Å²) in [6.07, 6.45) is 8.76. The first-order chi connectivity index (χ1) is 11.4. The van der Waals surface area contributed by atoms with E-state index >= 15 is 0 Å². The fourth-order valence-electron chi connectivity index (χ4n) is 3.52. The van der Waals surface area contributed by atoms with Gasteiger partial charge in [0.05, 0.1) is 5.69 Å². The lowest BCUT2D eigenvalue weighted by Gasteiger charge is -2.30. The Morgan fingerprint density at radius 2 is 2.04 bits per heavy atom. The highest BCUT2D eigenvalue weighted by atomic mass is 15.3. The molecule has 122 valence electrons. The van der Waals surface area contributed by atoms with Crippen molar-refractivity contribution in [1.82, 2.24) is 25.0 Å². The molecule has 1 aliphatic carbocycles. The number of nitrogens with zero attached hydrogens (tertiary/aromatic N) is 4. The zero-order chi connectivity index (χ0) is 15.5. The molecule has 23 heavy (non-hydrogen) atoms. The summed E-state index contributed by atoms with van der Waals surface area (Å²) in [6, 6.07) is 9.54. The Balaban J connectivity index is 1.40. The third-order valence-electron chi connectivity index (χ3n) is 4.96. The minimum atomic E-state index is 0.812. The second kappa shape index (κ2) is 6.81. The quantitative estimate of drug-likeness (QED) is 0.889. The molecule has 2 fully saturated rings. The second-order valence-corrected chi connectivity index (χ2v) is 6.88. The van der Waals surface area contributed by atoms with Crippen LogP contribution in [-0.4, -0.2) is 45.3 Å². The van der Waals surface area contributed by atoms with Gasteiger partial charge in [-0.15, -0.1) is 0 Å². The van der Waals surface area contributed by atoms with Crippen molar-refractivity contribution in [2.45, 2.75) is 38.3 Å². The molecule has 0 amide bonds. The molecule has 1 saturated carbocycles. The van der Waals surface area contributed by atoms with Crippen molar-refractivity contribution in [1.29, 1.82) is 0 Å². The molecule has 0 bridgehead atoms. The van der Waals surface area contributed by atoms with Gasteiger partial charge in [0.15, 0.2) is 0 Å². The Morgan fingerprint density at radius 3 is 2.70 bits per heavy atom. The predicted molar refractivity (Wildman–Crippen MR) is 90.4 cm³/mol. The van der Waals surface area contributed by atoms with Crippen molar-refractivity contribution in [3.63, 3.8) is 0 Å². The van der Waals surface area contributed by atoms with Crippen LogP contribution in [0.4, 0.5) is 0 Å². The molecule has 0 radical (unpaired) electrons. The molecule has 2 aliphatic rings. The number of hydrogen-bond donors (Lipinski definition) is 1. The van der Waals surface area contributed by atoms with Crippen LogP contribution in [0.25, 0.3) is 5.69 Å². The molecular weight excluding hydrogens is 286 g/mol. The summed E-state index contributed by atoms with van der Waals surface area (Å²) in [5, 5.41) is 7.73. The van der Waals surface area contributed by atoms with Crippen LogP contribution < -0.4 is 5.32 Å². The van der Waals surface area contributed by atoms with Crippen LogP contribution in [0, 0.1) is 5.92 Å². The molecular formula is C18H25N5. The molecule has 1 N–H and O–H groups in total. The maximum absolute atomic E-state index is 4.18. The lowest BCUT2D eigenvalue weighted by molar-refractivity contribution is 0.193. The summed E-state index contributed by atoms with van der Waals surface area (Å²) >= 11 is 0. The average molecular weight is 311 g/mol. The zero-order valence-electron chi connectivity index (χ0n) is 13.6. The number of nitrogens with one attached hydrogen (secondary N) is 1. The third-order valence-corrected chi connectivity index (χ3v) is 4.96. The van der Waals surface area contributed by atoms with Gasteiger partial charge in [0, 0.05) is 19.1 Å². The molecule has 1 aromatic heterocycles. The van der Waals surface area contributed by atoms with Crippen molar-refractivity contribution in [3.8, 4) is 5.69 Å². The van der Waals surface area contributed by atoms with E-state index in [4.69, 9.17) is 0 Å². The molecule has 1 aliphatic heterocycles. The smallest absolute Gasteiger partial charge is 0.138 e. The van der Waals surface area contributed by atoms with Crippen LogP contribution >= 0.6 is 0 Å². The lowest BCUT2D eigenvalue weighted by atomic mass is 9.98. The molecule has 1 atom stereocenters. The standard InChI is InChI=1S/C18H25N5/c1-2-16(10-19-9-1)12-22(17-7-8-17)11-15-3-5-18(6-4-15)23-14-20-13-21-23/h3-6,13-14,16-17,19H,1-2,7-12H2. The Morgan fingerprint density at radius 1 is 1.17 bits per heavy atom. The number of aromatic nitrogens is 3. The van der Waals surface area contributed by atoms with Gasteiger partial charge in [-0.3, -0.25) is 4.90 Å². The van der Waals surface area contributed by atoms with Crippen molar-refractivity contribution in [2.24, 2.45) is 5.92 Å². The highest BCUT2D eigenvalue weighted by Crippen LogP contribution is 2.30. The summed E-state index contributed by atoms with van der Waals surface area (Å²) in [5.41, 5.74) is 2.46. The van der Waals surface area contributed by atoms with E-state index in [0.29, 0.717) is 0 Å². The molecule has 4 rings (SSSR count). The van der Waals surface area contributed by atoms with Crippen molar-refractivity contribution >= 4 is 0 Å². The van der Waals surface area contributed by atoms with Gasteiger partial charge in [0.2, 0.25) is 0 Å². The van der Waals surface area contributed by atoms with Gasteiger partial charge in [-0.05, 0) is 62.4 Å². The van der Waals surface area contributed by atoms with Gasteiger partial charge >= 0.3 is 0 Å². The average Bonchev–Trinajstić information content (AvgIpc) is 3.30. The van der Waals surface area contributed by atoms with Gasteiger partial charge in [-0.1, -0.05) is 12.1 Å². The van der Waals surface area contributed by atoms with Crippen LogP contribution in [0.5, 0.6) is 0 Å². The van der Waals surface area contributed by atoms with Crippen molar-refractivity contribution < 1.29 is 0 Å². The molecule has 1 saturated heterocycles. The van der Waals surface area contributed by atoms with Crippen LogP contribution in [0.1, 0.15) is 31.2 Å². The van der Waals surface area contributed by atoms with Crippen molar-refractivity contribution in [2.75, 3.05) is 19.6 Å². The predicted octanol–water partition coefficient (Wildman–Crippen LogP) is 2.23. The Hall–Kier alpha value is -1.72. The Kier molecular flexibility index (Phi) is 4.39. The first-order valence-electron chi connectivity index (χ1n) is 8.77. The minimum Gasteiger partial charge on any atom is -0.316 e. The summed E-state index contributed by atoms with van der Waals surface area (Å²) in [4.78, 5) is 6.70. The molecule has 2 heterocycles. The summed E-state index contributed by atoms with van der Waals surface area (Å²) in [6.45, 7) is 4.69. The fourth-order valence-corrected chi connectivity index (χ4v) is 3.52. The van der Waals surface area contributed by atoms with Gasteiger partial charge in [0.25, 0.3) is 0 Å². The Labute approximate surface area is 137 Å². The van der Waals surface area contributed by atoms with Gasteiger partial charge in [0.1, 0.15) is 12.7 Å². The van der Waals surface area contributed by atoms with Crippen LogP contribution in [-0.2, 0) is 6.54 Å². The zero-order valence-corrected chi connectivity index (χ0v) is 13.6. The topological polar surface area (TPSA) is 46.0 Å². The summed E-state index contributed by atoms with van der Waals surface area (Å²) < 4.78 is 1.80. The van der Waals surface area contributed by atoms with E-state index in [2.05, 4.69) is 44.6 Å². The molecule has 5 heteroatoms. The second-order valence-electron chi connectivity index (χ2n) is 6.88. The lowest BCUT2D eigenvalue weighted by Crippen LogP contribution is -2.39. The maximum atomic E-state index is 4.18. The number of piperidine rings is 1. The highest BCUT2D eigenvalue weighted by Gasteiger charge is 2.30. The van der Waals surface area contributed by atoms with Crippen molar-refractivity contribution in [3.05, 3.63) is 42.5 Å². The third kappa shape index (κ3) is 3.79.